The molecule has 4 nitrogen and oxygen atoms in total. The van der Waals surface area contributed by atoms with E-state index in [1.807, 2.05) is 95.3 Å². The molecule has 0 radical (unpaired) electrons. The van der Waals surface area contributed by atoms with Gasteiger partial charge in [0.25, 0.3) is 0 Å². The Morgan fingerprint density at radius 2 is 1.37 bits per heavy atom. The summed E-state index contributed by atoms with van der Waals surface area (Å²) in [5.74, 6) is 0.866. The molecule has 1 heterocycles. The van der Waals surface area contributed by atoms with Gasteiger partial charge in [-0.15, -0.1) is 0 Å². The Balaban J connectivity index is 1.96. The molecule has 0 N–H and O–H groups in total. The van der Waals surface area contributed by atoms with Gasteiger partial charge in [0.15, 0.2) is 18.6 Å². The molecule has 1 aliphatic rings. The highest BCUT2D eigenvalue weighted by Gasteiger charge is 2.38. The standard InChI is InChI=1S/C25H27O4P/c1-6-27-22-15-21(16-23-24(22)29-25(4,5)28-23)30(26,19-11-7-17(2)8-12-19)20-13-9-18(3)10-14-20/h7-16H,6H2,1-5H3. The predicted octanol–water partition coefficient (Wildman–Crippen LogP) is 4.85. The SMILES string of the molecule is CCOc1cc(P(=O)(c2ccc(C)cc2)c2ccc(C)cc2)cc2c1OC(C)(C)O2. The molecule has 0 fully saturated rings. The molecule has 0 atom stereocenters. The highest BCUT2D eigenvalue weighted by Crippen LogP contribution is 2.50. The van der Waals surface area contributed by atoms with E-state index < -0.39 is 12.9 Å². The molecule has 0 unspecified atom stereocenters. The lowest BCUT2D eigenvalue weighted by Crippen LogP contribution is -2.29. The Morgan fingerprint density at radius 3 is 1.87 bits per heavy atom. The fourth-order valence-electron chi connectivity index (χ4n) is 3.67. The normalized spacial score (nSPS) is 14.6. The highest BCUT2D eigenvalue weighted by molar-refractivity contribution is 7.85. The van der Waals surface area contributed by atoms with Crippen LogP contribution in [0.25, 0.3) is 0 Å². The van der Waals surface area contributed by atoms with Crippen LogP contribution in [0.1, 0.15) is 31.9 Å². The molecule has 30 heavy (non-hydrogen) atoms. The second-order valence-corrected chi connectivity index (χ2v) is 10.9. The molecule has 0 aromatic heterocycles. The van der Waals surface area contributed by atoms with Crippen molar-refractivity contribution in [1.82, 2.24) is 0 Å². The molecule has 0 saturated heterocycles. The Morgan fingerprint density at radius 1 is 0.833 bits per heavy atom. The van der Waals surface area contributed by atoms with Crippen molar-refractivity contribution in [2.45, 2.75) is 40.4 Å². The van der Waals surface area contributed by atoms with Gasteiger partial charge >= 0.3 is 0 Å². The molecule has 4 rings (SSSR count). The second kappa shape index (κ2) is 7.52. The van der Waals surface area contributed by atoms with E-state index in [0.717, 1.165) is 21.7 Å². The smallest absolute Gasteiger partial charge is 0.246 e. The van der Waals surface area contributed by atoms with Crippen LogP contribution >= 0.6 is 7.14 Å². The topological polar surface area (TPSA) is 44.8 Å². The van der Waals surface area contributed by atoms with Gasteiger partial charge in [0, 0.05) is 29.8 Å². The van der Waals surface area contributed by atoms with Gasteiger partial charge in [-0.1, -0.05) is 59.7 Å². The monoisotopic (exact) mass is 422 g/mol. The van der Waals surface area contributed by atoms with E-state index in [4.69, 9.17) is 14.2 Å². The quantitative estimate of drug-likeness (QED) is 0.552. The van der Waals surface area contributed by atoms with Crippen LogP contribution in [0.5, 0.6) is 17.2 Å². The molecule has 0 spiro atoms. The zero-order valence-electron chi connectivity index (χ0n) is 18.1. The molecule has 3 aromatic rings. The lowest BCUT2D eigenvalue weighted by atomic mass is 10.2. The minimum Gasteiger partial charge on any atom is -0.490 e. The first-order chi connectivity index (χ1) is 14.2. The van der Waals surface area contributed by atoms with Crippen LogP contribution in [-0.2, 0) is 4.57 Å². The van der Waals surface area contributed by atoms with E-state index in [2.05, 4.69) is 0 Å². The first-order valence-electron chi connectivity index (χ1n) is 10.2. The van der Waals surface area contributed by atoms with Gasteiger partial charge in [0.2, 0.25) is 11.5 Å². The molecule has 0 amide bonds. The Hall–Kier alpha value is -2.71. The third-order valence-electron chi connectivity index (χ3n) is 5.17. The number of hydrogen-bond donors (Lipinski definition) is 0. The summed E-state index contributed by atoms with van der Waals surface area (Å²) in [4.78, 5) is 0. The van der Waals surface area contributed by atoms with E-state index in [1.54, 1.807) is 0 Å². The van der Waals surface area contributed by atoms with Gasteiger partial charge in [-0.3, -0.25) is 0 Å². The molecular weight excluding hydrogens is 395 g/mol. The van der Waals surface area contributed by atoms with Crippen LogP contribution in [0.2, 0.25) is 0 Å². The van der Waals surface area contributed by atoms with Crippen molar-refractivity contribution in [3.05, 3.63) is 71.8 Å². The van der Waals surface area contributed by atoms with Gasteiger partial charge < -0.3 is 18.8 Å². The maximum Gasteiger partial charge on any atom is 0.246 e. The van der Waals surface area contributed by atoms with E-state index in [0.29, 0.717) is 29.2 Å². The average Bonchev–Trinajstić information content (AvgIpc) is 3.03. The highest BCUT2D eigenvalue weighted by atomic mass is 31.2. The summed E-state index contributed by atoms with van der Waals surface area (Å²) in [5.41, 5.74) is 2.24. The summed E-state index contributed by atoms with van der Waals surface area (Å²) in [6, 6.07) is 19.5. The number of ether oxygens (including phenoxy) is 3. The lowest BCUT2D eigenvalue weighted by Gasteiger charge is -2.21. The van der Waals surface area contributed by atoms with Gasteiger partial charge in [0.1, 0.15) is 0 Å². The van der Waals surface area contributed by atoms with Gasteiger partial charge in [-0.25, -0.2) is 0 Å². The molecular formula is C25H27O4P. The molecule has 1 aliphatic heterocycles. The molecule has 3 aromatic carbocycles. The predicted molar refractivity (Wildman–Crippen MR) is 122 cm³/mol. The largest absolute Gasteiger partial charge is 0.490 e. The summed E-state index contributed by atoms with van der Waals surface area (Å²) in [6.07, 6.45) is 0. The number of benzene rings is 3. The summed E-state index contributed by atoms with van der Waals surface area (Å²) < 4.78 is 32.6. The van der Waals surface area contributed by atoms with Crippen LogP contribution in [-0.4, -0.2) is 12.4 Å². The zero-order chi connectivity index (χ0) is 21.5. The van der Waals surface area contributed by atoms with E-state index >= 15 is 0 Å². The van der Waals surface area contributed by atoms with Crippen LogP contribution in [0.3, 0.4) is 0 Å². The van der Waals surface area contributed by atoms with E-state index in [1.165, 1.54) is 0 Å². The lowest BCUT2D eigenvalue weighted by molar-refractivity contribution is -0.0440. The molecule has 5 heteroatoms. The zero-order valence-corrected chi connectivity index (χ0v) is 19.0. The Labute approximate surface area is 178 Å². The maximum atomic E-state index is 14.8. The molecule has 0 aliphatic carbocycles. The number of hydrogen-bond acceptors (Lipinski definition) is 4. The van der Waals surface area contributed by atoms with Crippen molar-refractivity contribution in [1.29, 1.82) is 0 Å². The summed E-state index contributed by atoms with van der Waals surface area (Å²) in [5, 5.41) is 2.22. The van der Waals surface area contributed by atoms with E-state index in [-0.39, 0.29) is 0 Å². The third-order valence-corrected chi connectivity index (χ3v) is 8.20. The van der Waals surface area contributed by atoms with Crippen molar-refractivity contribution in [3.63, 3.8) is 0 Å². The average molecular weight is 422 g/mol. The number of fused-ring (bicyclic) bond motifs is 1. The molecule has 0 bridgehead atoms. The number of aryl methyl sites for hydroxylation is 2. The summed E-state index contributed by atoms with van der Waals surface area (Å²) in [6.45, 7) is 10.1. The first kappa shape index (κ1) is 20.6. The molecule has 156 valence electrons. The van der Waals surface area contributed by atoms with Gasteiger partial charge in [0.05, 0.1) is 6.61 Å². The summed E-state index contributed by atoms with van der Waals surface area (Å²) in [7, 11) is -3.16. The van der Waals surface area contributed by atoms with Crippen LogP contribution in [0.15, 0.2) is 60.7 Å². The maximum absolute atomic E-state index is 14.8. The van der Waals surface area contributed by atoms with Crippen molar-refractivity contribution in [2.75, 3.05) is 6.61 Å². The van der Waals surface area contributed by atoms with Crippen LogP contribution < -0.4 is 30.1 Å². The van der Waals surface area contributed by atoms with Gasteiger partial charge in [-0.05, 0) is 32.9 Å². The second-order valence-electron chi connectivity index (χ2n) is 8.09. The van der Waals surface area contributed by atoms with Crippen molar-refractivity contribution in [3.8, 4) is 17.2 Å². The summed E-state index contributed by atoms with van der Waals surface area (Å²) >= 11 is 0. The fraction of sp³-hybridized carbons (Fsp3) is 0.280. The van der Waals surface area contributed by atoms with Crippen molar-refractivity contribution < 1.29 is 18.8 Å². The fourth-order valence-corrected chi connectivity index (χ4v) is 6.30. The first-order valence-corrected chi connectivity index (χ1v) is 11.9. The van der Waals surface area contributed by atoms with Gasteiger partial charge in [-0.2, -0.15) is 0 Å². The van der Waals surface area contributed by atoms with E-state index in [9.17, 15) is 4.57 Å². The number of rotatable bonds is 5. The van der Waals surface area contributed by atoms with Crippen molar-refractivity contribution in [2.24, 2.45) is 0 Å². The third kappa shape index (κ3) is 3.61. The minimum atomic E-state index is -3.16. The minimum absolute atomic E-state index is 0.471. The molecule has 0 saturated carbocycles. The Bertz CT molecular complexity index is 1070. The van der Waals surface area contributed by atoms with Crippen LogP contribution in [0, 0.1) is 13.8 Å². The van der Waals surface area contributed by atoms with Crippen LogP contribution in [0.4, 0.5) is 0 Å². The van der Waals surface area contributed by atoms with Crippen molar-refractivity contribution >= 4 is 23.1 Å². The Kier molecular flexibility index (Phi) is 5.15.